The lowest BCUT2D eigenvalue weighted by Crippen LogP contribution is -2.45. The molecule has 1 N–H and O–H groups in total. The van der Waals surface area contributed by atoms with E-state index >= 15 is 0 Å². The number of sulfonamides is 1. The minimum absolute atomic E-state index is 0.0740. The van der Waals surface area contributed by atoms with Gasteiger partial charge in [-0.2, -0.15) is 0 Å². The monoisotopic (exact) mass is 342 g/mol. The maximum Gasteiger partial charge on any atom is 0.233 e. The lowest BCUT2D eigenvalue weighted by atomic mass is 10.0. The van der Waals surface area contributed by atoms with Crippen LogP contribution >= 0.6 is 0 Å². The molecule has 2 saturated heterocycles. The maximum atomic E-state index is 11.7. The van der Waals surface area contributed by atoms with E-state index in [2.05, 4.69) is 19.8 Å². The molecule has 0 aromatic carbocycles. The molecule has 8 nitrogen and oxygen atoms in total. The molecular weight excluding hydrogens is 320 g/mol. The maximum absolute atomic E-state index is 11.7. The number of nitrogens with zero attached hydrogens (tertiary/aromatic N) is 3. The first-order chi connectivity index (χ1) is 11.0. The van der Waals surface area contributed by atoms with Gasteiger partial charge in [0.05, 0.1) is 19.0 Å². The van der Waals surface area contributed by atoms with E-state index in [0.717, 1.165) is 31.7 Å². The van der Waals surface area contributed by atoms with Crippen molar-refractivity contribution in [2.45, 2.75) is 32.0 Å². The summed E-state index contributed by atoms with van der Waals surface area (Å²) in [6, 6.07) is 3.42. The predicted molar refractivity (Wildman–Crippen MR) is 85.8 cm³/mol. The Morgan fingerprint density at radius 1 is 1.22 bits per heavy atom. The normalized spacial score (nSPS) is 20.8. The van der Waals surface area contributed by atoms with Crippen LogP contribution in [0.3, 0.4) is 0 Å². The van der Waals surface area contributed by atoms with Crippen molar-refractivity contribution in [1.29, 1.82) is 0 Å². The summed E-state index contributed by atoms with van der Waals surface area (Å²) in [6.07, 6.45) is 2.14. The number of nitrogens with one attached hydrogen (secondary N) is 1. The molecular formula is C14H22N4O4S. The van der Waals surface area contributed by atoms with Crippen molar-refractivity contribution in [2.24, 2.45) is 0 Å². The minimum Gasteiger partial charge on any atom is -0.355 e. The first-order valence-electron chi connectivity index (χ1n) is 7.89. The smallest absolute Gasteiger partial charge is 0.233 e. The molecule has 1 spiro atoms. The number of aromatic nitrogens is 2. The number of rotatable bonds is 5. The Hall–Kier alpha value is -1.45. The summed E-state index contributed by atoms with van der Waals surface area (Å²) in [5, 5.41) is 8.09. The van der Waals surface area contributed by atoms with Gasteiger partial charge in [0.25, 0.3) is 0 Å². The highest BCUT2D eigenvalue weighted by Crippen LogP contribution is 2.32. The second-order valence-corrected chi connectivity index (χ2v) is 7.63. The zero-order chi connectivity index (χ0) is 16.3. The summed E-state index contributed by atoms with van der Waals surface area (Å²) in [5.74, 6) is 0.638. The molecule has 3 rings (SSSR count). The van der Waals surface area contributed by atoms with Gasteiger partial charge in [0, 0.05) is 25.9 Å². The van der Waals surface area contributed by atoms with Crippen LogP contribution in [0.25, 0.3) is 0 Å². The third-order valence-electron chi connectivity index (χ3n) is 4.05. The zero-order valence-electron chi connectivity index (χ0n) is 13.2. The molecule has 2 aliphatic rings. The van der Waals surface area contributed by atoms with Gasteiger partial charge in [-0.05, 0) is 18.6 Å². The topological polar surface area (TPSA) is 93.7 Å². The van der Waals surface area contributed by atoms with Gasteiger partial charge in [-0.1, -0.05) is 6.92 Å². The Bertz CT molecular complexity index is 619. The molecule has 0 radical (unpaired) electrons. The number of ether oxygens (including phenoxy) is 2. The second-order valence-electron chi connectivity index (χ2n) is 5.79. The van der Waals surface area contributed by atoms with Crippen LogP contribution < -0.4 is 9.62 Å². The molecule has 0 saturated carbocycles. The highest BCUT2D eigenvalue weighted by atomic mass is 32.2. The lowest BCUT2D eigenvalue weighted by molar-refractivity contribution is -0.169. The van der Waals surface area contributed by atoms with Crippen LogP contribution in [-0.2, 0) is 19.5 Å². The molecule has 23 heavy (non-hydrogen) atoms. The van der Waals surface area contributed by atoms with Crippen LogP contribution in [0, 0.1) is 0 Å². The van der Waals surface area contributed by atoms with Crippen molar-refractivity contribution >= 4 is 21.7 Å². The van der Waals surface area contributed by atoms with E-state index in [9.17, 15) is 8.42 Å². The summed E-state index contributed by atoms with van der Waals surface area (Å²) >= 11 is 0. The second kappa shape index (κ2) is 6.58. The van der Waals surface area contributed by atoms with Gasteiger partial charge in [-0.15, -0.1) is 10.2 Å². The van der Waals surface area contributed by atoms with Crippen LogP contribution in [0.15, 0.2) is 12.1 Å². The number of piperidine rings is 1. The highest BCUT2D eigenvalue weighted by molar-refractivity contribution is 7.92. The minimum atomic E-state index is -3.34. The SMILES string of the molecule is CCCS(=O)(=O)Nc1ccc(N2CCC3(CC2)OCCO3)nn1. The first-order valence-corrected chi connectivity index (χ1v) is 9.54. The van der Waals surface area contributed by atoms with Crippen molar-refractivity contribution in [2.75, 3.05) is 41.7 Å². The Balaban J connectivity index is 1.60. The van der Waals surface area contributed by atoms with E-state index in [1.165, 1.54) is 0 Å². The first kappa shape index (κ1) is 16.4. The summed E-state index contributed by atoms with van der Waals surface area (Å²) in [7, 11) is -3.34. The van der Waals surface area contributed by atoms with Crippen LogP contribution in [0.1, 0.15) is 26.2 Å². The number of anilines is 2. The third kappa shape index (κ3) is 3.91. The molecule has 2 aliphatic heterocycles. The van der Waals surface area contributed by atoms with Crippen LogP contribution in [0.5, 0.6) is 0 Å². The fraction of sp³-hybridized carbons (Fsp3) is 0.714. The van der Waals surface area contributed by atoms with Gasteiger partial charge in [0.1, 0.15) is 0 Å². The van der Waals surface area contributed by atoms with Gasteiger partial charge < -0.3 is 14.4 Å². The average molecular weight is 342 g/mol. The van der Waals surface area contributed by atoms with E-state index < -0.39 is 15.8 Å². The summed E-state index contributed by atoms with van der Waals surface area (Å²) < 4.78 is 37.3. The van der Waals surface area contributed by atoms with Gasteiger partial charge in [0.2, 0.25) is 10.0 Å². The fourth-order valence-corrected chi connectivity index (χ4v) is 3.96. The molecule has 0 amide bonds. The Kier molecular flexibility index (Phi) is 4.69. The van der Waals surface area contributed by atoms with Gasteiger partial charge in [-0.3, -0.25) is 4.72 Å². The van der Waals surface area contributed by atoms with Crippen molar-refractivity contribution in [1.82, 2.24) is 10.2 Å². The quantitative estimate of drug-likeness (QED) is 0.852. The van der Waals surface area contributed by atoms with E-state index in [1.807, 2.05) is 6.92 Å². The lowest BCUT2D eigenvalue weighted by Gasteiger charge is -2.37. The highest BCUT2D eigenvalue weighted by Gasteiger charge is 2.40. The van der Waals surface area contributed by atoms with Gasteiger partial charge in [-0.25, -0.2) is 8.42 Å². The molecule has 9 heteroatoms. The van der Waals surface area contributed by atoms with E-state index in [0.29, 0.717) is 19.6 Å². The molecule has 0 atom stereocenters. The van der Waals surface area contributed by atoms with E-state index in [1.54, 1.807) is 12.1 Å². The van der Waals surface area contributed by atoms with Crippen LogP contribution in [0.2, 0.25) is 0 Å². The molecule has 3 heterocycles. The summed E-state index contributed by atoms with van der Waals surface area (Å²) in [6.45, 7) is 4.68. The van der Waals surface area contributed by atoms with Crippen molar-refractivity contribution in [3.63, 3.8) is 0 Å². The molecule has 1 aromatic rings. The number of hydrogen-bond donors (Lipinski definition) is 1. The zero-order valence-corrected chi connectivity index (χ0v) is 14.0. The van der Waals surface area contributed by atoms with E-state index in [4.69, 9.17) is 9.47 Å². The fourth-order valence-electron chi connectivity index (χ4n) is 2.89. The Morgan fingerprint density at radius 2 is 1.91 bits per heavy atom. The number of hydrogen-bond acceptors (Lipinski definition) is 7. The van der Waals surface area contributed by atoms with Crippen LogP contribution in [-0.4, -0.2) is 56.5 Å². The van der Waals surface area contributed by atoms with Crippen molar-refractivity contribution < 1.29 is 17.9 Å². The third-order valence-corrected chi connectivity index (χ3v) is 5.51. The Morgan fingerprint density at radius 3 is 2.48 bits per heavy atom. The molecule has 0 aliphatic carbocycles. The predicted octanol–water partition coefficient (Wildman–Crippen LogP) is 0.972. The molecule has 1 aromatic heterocycles. The summed E-state index contributed by atoms with van der Waals surface area (Å²) in [5.41, 5.74) is 0. The molecule has 0 unspecified atom stereocenters. The van der Waals surface area contributed by atoms with Gasteiger partial charge in [0.15, 0.2) is 17.4 Å². The van der Waals surface area contributed by atoms with Crippen molar-refractivity contribution in [3.8, 4) is 0 Å². The largest absolute Gasteiger partial charge is 0.355 e. The van der Waals surface area contributed by atoms with Gasteiger partial charge >= 0.3 is 0 Å². The Labute approximate surface area is 136 Å². The molecule has 0 bridgehead atoms. The molecule has 128 valence electrons. The van der Waals surface area contributed by atoms with E-state index in [-0.39, 0.29) is 11.6 Å². The van der Waals surface area contributed by atoms with Crippen molar-refractivity contribution in [3.05, 3.63) is 12.1 Å². The molecule has 2 fully saturated rings. The average Bonchev–Trinajstić information content (AvgIpc) is 2.97. The van der Waals surface area contributed by atoms with Crippen LogP contribution in [0.4, 0.5) is 11.6 Å². The standard InChI is InChI=1S/C14H22N4O4S/c1-2-11-23(19,20)17-12-3-4-13(16-15-12)18-7-5-14(6-8-18)21-9-10-22-14/h3-4H,2,5-11H2,1H3,(H,15,17). The summed E-state index contributed by atoms with van der Waals surface area (Å²) in [4.78, 5) is 2.10.